The summed E-state index contributed by atoms with van der Waals surface area (Å²) in [5.74, 6) is 0.640. The van der Waals surface area contributed by atoms with Crippen molar-refractivity contribution < 1.29 is 9.59 Å². The van der Waals surface area contributed by atoms with Crippen LogP contribution in [0.2, 0.25) is 5.02 Å². The van der Waals surface area contributed by atoms with Crippen LogP contribution in [0.1, 0.15) is 51.0 Å². The summed E-state index contributed by atoms with van der Waals surface area (Å²) < 4.78 is 0. The number of nitrogens with two attached hydrogens (primary N) is 1. The zero-order valence-electron chi connectivity index (χ0n) is 19.5. The Morgan fingerprint density at radius 3 is 2.34 bits per heavy atom. The van der Waals surface area contributed by atoms with Crippen LogP contribution in [0.3, 0.4) is 0 Å². The Morgan fingerprint density at radius 2 is 1.75 bits per heavy atom. The van der Waals surface area contributed by atoms with Crippen LogP contribution in [0.15, 0.2) is 24.3 Å². The number of halogens is 1. The number of carbonyl (C=O) groups is 2. The molecule has 2 fully saturated rings. The van der Waals surface area contributed by atoms with Gasteiger partial charge in [0.2, 0.25) is 11.8 Å². The minimum atomic E-state index is -0.259. The molecule has 0 radical (unpaired) electrons. The molecule has 32 heavy (non-hydrogen) atoms. The lowest BCUT2D eigenvalue weighted by Crippen LogP contribution is -2.57. The zero-order chi connectivity index (χ0) is 22.9. The summed E-state index contributed by atoms with van der Waals surface area (Å²) in [6, 6.07) is 8.18. The van der Waals surface area contributed by atoms with Gasteiger partial charge in [0.15, 0.2) is 0 Å². The predicted octanol–water partition coefficient (Wildman–Crippen LogP) is 3.17. The number of rotatable bonds is 10. The van der Waals surface area contributed by atoms with Crippen LogP contribution in [0, 0.1) is 5.92 Å². The van der Waals surface area contributed by atoms with E-state index in [0.717, 1.165) is 56.3 Å². The van der Waals surface area contributed by atoms with Crippen LogP contribution in [0.4, 0.5) is 0 Å². The lowest BCUT2D eigenvalue weighted by molar-refractivity contribution is -0.133. The van der Waals surface area contributed by atoms with Gasteiger partial charge in [-0.25, -0.2) is 0 Å². The van der Waals surface area contributed by atoms with Crippen LogP contribution < -0.4 is 5.73 Å². The first-order chi connectivity index (χ1) is 15.5. The van der Waals surface area contributed by atoms with Crippen LogP contribution >= 0.6 is 11.6 Å². The molecular weight excluding hydrogens is 424 g/mol. The van der Waals surface area contributed by atoms with Crippen molar-refractivity contribution in [3.05, 3.63) is 34.9 Å². The zero-order valence-corrected chi connectivity index (χ0v) is 20.2. The third-order valence-electron chi connectivity index (χ3n) is 7.14. The summed E-state index contributed by atoms with van der Waals surface area (Å²) in [4.78, 5) is 31.1. The second-order valence-electron chi connectivity index (χ2n) is 9.30. The van der Waals surface area contributed by atoms with Gasteiger partial charge in [-0.15, -0.1) is 0 Å². The molecule has 3 rings (SSSR count). The maximum Gasteiger partial charge on any atom is 0.231 e. The van der Waals surface area contributed by atoms with Crippen LogP contribution in [0.5, 0.6) is 0 Å². The van der Waals surface area contributed by atoms with E-state index in [2.05, 4.69) is 16.7 Å². The predicted molar refractivity (Wildman–Crippen MR) is 130 cm³/mol. The van der Waals surface area contributed by atoms with Crippen LogP contribution in [-0.4, -0.2) is 78.4 Å². The molecule has 1 unspecified atom stereocenters. The van der Waals surface area contributed by atoms with E-state index in [1.54, 1.807) is 0 Å². The maximum absolute atomic E-state index is 12.8. The average molecular weight is 463 g/mol. The molecule has 1 aliphatic heterocycles. The van der Waals surface area contributed by atoms with Crippen LogP contribution in [0.25, 0.3) is 0 Å². The molecule has 0 spiro atoms. The first-order valence-electron chi connectivity index (χ1n) is 12.2. The van der Waals surface area contributed by atoms with E-state index in [0.29, 0.717) is 24.9 Å². The van der Waals surface area contributed by atoms with Gasteiger partial charge in [-0.3, -0.25) is 19.4 Å². The minimum absolute atomic E-state index is 0.234. The molecule has 0 aromatic heterocycles. The standard InChI is InChI=1S/C25H39ClN4O2/c1-2-28(19-24(27)31)18-23(21-6-4-3-5-7-21)29-14-16-30(17-15-29)25(32)13-10-20-8-11-22(26)12-9-20/h8-9,11-12,21,23H,2-7,10,13-19H2,1H3,(H2,27,31). The fourth-order valence-electron chi connectivity index (χ4n) is 5.24. The molecular formula is C25H39ClN4O2. The van der Waals surface area contributed by atoms with Crippen molar-refractivity contribution in [2.75, 3.05) is 45.8 Å². The number of hydrogen-bond donors (Lipinski definition) is 1. The molecule has 2 aliphatic rings. The van der Waals surface area contributed by atoms with Crippen molar-refractivity contribution >= 4 is 23.4 Å². The fourth-order valence-corrected chi connectivity index (χ4v) is 5.36. The Morgan fingerprint density at radius 1 is 1.09 bits per heavy atom. The van der Waals surface area contributed by atoms with Crippen molar-refractivity contribution in [3.63, 3.8) is 0 Å². The summed E-state index contributed by atoms with van der Waals surface area (Å²) in [5.41, 5.74) is 6.63. The third kappa shape index (κ3) is 7.46. The number of nitrogens with zero attached hydrogens (tertiary/aromatic N) is 3. The highest BCUT2D eigenvalue weighted by molar-refractivity contribution is 6.30. The van der Waals surface area contributed by atoms with Gasteiger partial charge in [0.05, 0.1) is 6.54 Å². The molecule has 2 amide bonds. The summed E-state index contributed by atoms with van der Waals surface area (Å²) >= 11 is 5.95. The van der Waals surface area contributed by atoms with Crippen molar-refractivity contribution in [2.24, 2.45) is 11.7 Å². The van der Waals surface area contributed by atoms with Gasteiger partial charge in [0, 0.05) is 50.2 Å². The van der Waals surface area contributed by atoms with Gasteiger partial charge in [0.1, 0.15) is 0 Å². The first kappa shape index (κ1) is 25.0. The largest absolute Gasteiger partial charge is 0.369 e. The summed E-state index contributed by atoms with van der Waals surface area (Å²) in [7, 11) is 0. The summed E-state index contributed by atoms with van der Waals surface area (Å²) in [5, 5.41) is 0.723. The quantitative estimate of drug-likeness (QED) is 0.579. The van der Waals surface area contributed by atoms with Crippen LogP contribution in [-0.2, 0) is 16.0 Å². The Kier molecular flexibility index (Phi) is 9.82. The number of benzene rings is 1. The monoisotopic (exact) mass is 462 g/mol. The Bertz CT molecular complexity index is 728. The molecule has 178 valence electrons. The average Bonchev–Trinajstić information content (AvgIpc) is 2.81. The first-order valence-corrected chi connectivity index (χ1v) is 12.6. The molecule has 7 heteroatoms. The molecule has 0 bridgehead atoms. The SMILES string of the molecule is CCN(CC(N)=O)CC(C1CCCCC1)N1CCN(C(=O)CCc2ccc(Cl)cc2)CC1. The van der Waals surface area contributed by atoms with Gasteiger partial charge in [-0.1, -0.05) is 49.9 Å². The second kappa shape index (κ2) is 12.6. The van der Waals surface area contributed by atoms with E-state index >= 15 is 0 Å². The maximum atomic E-state index is 12.8. The summed E-state index contributed by atoms with van der Waals surface area (Å²) in [6.07, 6.45) is 7.74. The normalized spacial score (nSPS) is 19.3. The molecule has 1 saturated carbocycles. The Labute approximate surface area is 198 Å². The number of likely N-dealkylation sites (N-methyl/N-ethyl adjacent to an activating group) is 1. The molecule has 1 aromatic rings. The minimum Gasteiger partial charge on any atom is -0.369 e. The van der Waals surface area contributed by atoms with Gasteiger partial charge < -0.3 is 10.6 Å². The van der Waals surface area contributed by atoms with E-state index in [-0.39, 0.29) is 11.8 Å². The van der Waals surface area contributed by atoms with E-state index in [1.807, 2.05) is 29.2 Å². The van der Waals surface area contributed by atoms with Gasteiger partial charge in [-0.2, -0.15) is 0 Å². The molecule has 1 aliphatic carbocycles. The smallest absolute Gasteiger partial charge is 0.231 e. The fraction of sp³-hybridized carbons (Fsp3) is 0.680. The van der Waals surface area contributed by atoms with Gasteiger partial charge >= 0.3 is 0 Å². The van der Waals surface area contributed by atoms with E-state index in [4.69, 9.17) is 17.3 Å². The molecule has 1 heterocycles. The van der Waals surface area contributed by atoms with Gasteiger partial charge in [0.25, 0.3) is 0 Å². The molecule has 1 atom stereocenters. The van der Waals surface area contributed by atoms with Gasteiger partial charge in [-0.05, 0) is 49.4 Å². The van der Waals surface area contributed by atoms with E-state index < -0.39 is 0 Å². The highest BCUT2D eigenvalue weighted by atomic mass is 35.5. The number of carbonyl (C=O) groups excluding carboxylic acids is 2. The Balaban J connectivity index is 1.54. The Hall–Kier alpha value is -1.63. The molecule has 2 N–H and O–H groups in total. The number of piperazine rings is 1. The van der Waals surface area contributed by atoms with Crippen molar-refractivity contribution in [1.29, 1.82) is 0 Å². The van der Waals surface area contributed by atoms with E-state index in [9.17, 15) is 9.59 Å². The molecule has 1 saturated heterocycles. The number of hydrogen-bond acceptors (Lipinski definition) is 4. The summed E-state index contributed by atoms with van der Waals surface area (Å²) in [6.45, 7) is 7.50. The number of amides is 2. The van der Waals surface area contributed by atoms with E-state index in [1.165, 1.54) is 32.1 Å². The highest BCUT2D eigenvalue weighted by Crippen LogP contribution is 2.30. The molecule has 1 aromatic carbocycles. The van der Waals surface area contributed by atoms with Crippen molar-refractivity contribution in [2.45, 2.75) is 57.9 Å². The molecule has 6 nitrogen and oxygen atoms in total. The third-order valence-corrected chi connectivity index (χ3v) is 7.39. The second-order valence-corrected chi connectivity index (χ2v) is 9.74. The lowest BCUT2D eigenvalue weighted by Gasteiger charge is -2.45. The van der Waals surface area contributed by atoms with Crippen molar-refractivity contribution in [1.82, 2.24) is 14.7 Å². The van der Waals surface area contributed by atoms with Crippen molar-refractivity contribution in [3.8, 4) is 0 Å². The number of aryl methyl sites for hydroxylation is 1. The highest BCUT2D eigenvalue weighted by Gasteiger charge is 2.33. The number of primary amides is 1. The lowest BCUT2D eigenvalue weighted by atomic mass is 9.82. The topological polar surface area (TPSA) is 69.9 Å².